The predicted molar refractivity (Wildman–Crippen MR) is 75.2 cm³/mol. The highest BCUT2D eigenvalue weighted by Crippen LogP contribution is 2.07. The predicted octanol–water partition coefficient (Wildman–Crippen LogP) is 4.39. The Morgan fingerprint density at radius 2 is 1.29 bits per heavy atom. The van der Waals surface area contributed by atoms with Crippen LogP contribution in [0, 0.1) is 0 Å². The molecule has 0 spiro atoms. The van der Waals surface area contributed by atoms with E-state index in [1.165, 1.54) is 32.1 Å². The highest BCUT2D eigenvalue weighted by Gasteiger charge is 2.11. The molecule has 0 atom stereocenters. The van der Waals surface area contributed by atoms with Crippen molar-refractivity contribution in [3.05, 3.63) is 0 Å². The van der Waals surface area contributed by atoms with Crippen molar-refractivity contribution < 1.29 is 4.79 Å². The number of rotatable bonds is 11. The highest BCUT2D eigenvalue weighted by atomic mass is 16.2. The van der Waals surface area contributed by atoms with Crippen molar-refractivity contribution in [3.63, 3.8) is 0 Å². The van der Waals surface area contributed by atoms with Crippen LogP contribution in [0.2, 0.25) is 0 Å². The molecule has 2 heteroatoms. The number of amides is 1. The van der Waals surface area contributed by atoms with Gasteiger partial charge in [0.1, 0.15) is 0 Å². The van der Waals surface area contributed by atoms with Crippen molar-refractivity contribution >= 4 is 5.91 Å². The number of nitrogens with zero attached hydrogens (tertiary/aromatic N) is 1. The van der Waals surface area contributed by atoms with E-state index in [-0.39, 0.29) is 0 Å². The summed E-state index contributed by atoms with van der Waals surface area (Å²) in [5, 5.41) is 0. The molecule has 0 fully saturated rings. The lowest BCUT2D eigenvalue weighted by molar-refractivity contribution is -0.131. The Bertz CT molecular complexity index is 172. The van der Waals surface area contributed by atoms with E-state index in [0.717, 1.165) is 38.8 Å². The molecule has 0 aliphatic rings. The number of hydrogen-bond acceptors (Lipinski definition) is 1. The van der Waals surface area contributed by atoms with Crippen LogP contribution in [-0.2, 0) is 4.79 Å². The average Bonchev–Trinajstić information content (AvgIpc) is 2.34. The quantitative estimate of drug-likeness (QED) is 0.491. The van der Waals surface area contributed by atoms with E-state index in [9.17, 15) is 4.79 Å². The summed E-state index contributed by atoms with van der Waals surface area (Å²) in [5.74, 6) is 0.378. The summed E-state index contributed by atoms with van der Waals surface area (Å²) in [6.07, 6.45) is 10.2. The van der Waals surface area contributed by atoms with Gasteiger partial charge in [0.15, 0.2) is 0 Å². The maximum atomic E-state index is 12.0. The van der Waals surface area contributed by atoms with Gasteiger partial charge in [-0.3, -0.25) is 4.79 Å². The summed E-state index contributed by atoms with van der Waals surface area (Å²) in [7, 11) is 0. The molecule has 102 valence electrons. The normalized spacial score (nSPS) is 10.5. The molecule has 0 saturated heterocycles. The molecule has 0 aromatic rings. The zero-order valence-electron chi connectivity index (χ0n) is 12.1. The standard InChI is InChI=1S/C15H31NO/c1-4-7-10-11-12-15(17)16(13-8-5-2)14-9-6-3/h4-14H2,1-3H3. The first-order chi connectivity index (χ1) is 8.26. The Morgan fingerprint density at radius 1 is 0.765 bits per heavy atom. The minimum atomic E-state index is 0.378. The van der Waals surface area contributed by atoms with Gasteiger partial charge in [-0.25, -0.2) is 0 Å². The molecule has 0 N–H and O–H groups in total. The Labute approximate surface area is 108 Å². The molecule has 0 unspecified atom stereocenters. The van der Waals surface area contributed by atoms with E-state index >= 15 is 0 Å². The van der Waals surface area contributed by atoms with Crippen molar-refractivity contribution in [2.75, 3.05) is 13.1 Å². The van der Waals surface area contributed by atoms with Crippen LogP contribution in [0.4, 0.5) is 0 Å². The van der Waals surface area contributed by atoms with Crippen LogP contribution in [0.15, 0.2) is 0 Å². The van der Waals surface area contributed by atoms with Gasteiger partial charge in [0.25, 0.3) is 0 Å². The van der Waals surface area contributed by atoms with Crippen molar-refractivity contribution in [1.82, 2.24) is 4.90 Å². The smallest absolute Gasteiger partial charge is 0.222 e. The molecule has 0 radical (unpaired) electrons. The van der Waals surface area contributed by atoms with Crippen LogP contribution in [0.3, 0.4) is 0 Å². The SMILES string of the molecule is CCCCCCC(=O)N(CCCC)CCCC. The lowest BCUT2D eigenvalue weighted by Crippen LogP contribution is -2.32. The van der Waals surface area contributed by atoms with Crippen LogP contribution >= 0.6 is 0 Å². The molecule has 0 aliphatic heterocycles. The fourth-order valence-electron chi connectivity index (χ4n) is 1.92. The Hall–Kier alpha value is -0.530. The first-order valence-corrected chi connectivity index (χ1v) is 7.54. The molecular weight excluding hydrogens is 210 g/mol. The fourth-order valence-corrected chi connectivity index (χ4v) is 1.92. The van der Waals surface area contributed by atoms with Gasteiger partial charge in [0.2, 0.25) is 5.91 Å². The monoisotopic (exact) mass is 241 g/mol. The molecule has 1 amide bonds. The summed E-state index contributed by atoms with van der Waals surface area (Å²) in [5.41, 5.74) is 0. The van der Waals surface area contributed by atoms with Gasteiger partial charge in [0.05, 0.1) is 0 Å². The third-order valence-electron chi connectivity index (χ3n) is 3.16. The van der Waals surface area contributed by atoms with Gasteiger partial charge in [-0.1, -0.05) is 52.9 Å². The Kier molecular flexibility index (Phi) is 11.6. The van der Waals surface area contributed by atoms with E-state index in [1.54, 1.807) is 0 Å². The van der Waals surface area contributed by atoms with Crippen LogP contribution in [-0.4, -0.2) is 23.9 Å². The maximum Gasteiger partial charge on any atom is 0.222 e. The molecule has 17 heavy (non-hydrogen) atoms. The first-order valence-electron chi connectivity index (χ1n) is 7.54. The van der Waals surface area contributed by atoms with Gasteiger partial charge in [0, 0.05) is 19.5 Å². The fraction of sp³-hybridized carbons (Fsp3) is 0.933. The summed E-state index contributed by atoms with van der Waals surface area (Å²) >= 11 is 0. The van der Waals surface area contributed by atoms with Gasteiger partial charge < -0.3 is 4.90 Å². The molecule has 0 aliphatic carbocycles. The Balaban J connectivity index is 3.85. The molecule has 0 aromatic carbocycles. The zero-order valence-corrected chi connectivity index (χ0v) is 12.1. The lowest BCUT2D eigenvalue weighted by atomic mass is 10.1. The van der Waals surface area contributed by atoms with Gasteiger partial charge in [-0.05, 0) is 19.3 Å². The number of hydrogen-bond donors (Lipinski definition) is 0. The number of carbonyl (C=O) groups is 1. The lowest BCUT2D eigenvalue weighted by Gasteiger charge is -2.22. The topological polar surface area (TPSA) is 20.3 Å². The van der Waals surface area contributed by atoms with Crippen LogP contribution in [0.1, 0.15) is 78.6 Å². The minimum Gasteiger partial charge on any atom is -0.343 e. The highest BCUT2D eigenvalue weighted by molar-refractivity contribution is 5.76. The van der Waals surface area contributed by atoms with Gasteiger partial charge in [-0.2, -0.15) is 0 Å². The van der Waals surface area contributed by atoms with E-state index in [1.807, 2.05) is 0 Å². The van der Waals surface area contributed by atoms with E-state index in [2.05, 4.69) is 25.7 Å². The zero-order chi connectivity index (χ0) is 12.9. The third kappa shape index (κ3) is 9.20. The van der Waals surface area contributed by atoms with Gasteiger partial charge >= 0.3 is 0 Å². The van der Waals surface area contributed by atoms with Crippen LogP contribution < -0.4 is 0 Å². The molecule has 2 nitrogen and oxygen atoms in total. The average molecular weight is 241 g/mol. The van der Waals surface area contributed by atoms with E-state index in [0.29, 0.717) is 5.91 Å². The molecule has 0 bridgehead atoms. The van der Waals surface area contributed by atoms with Crippen molar-refractivity contribution in [2.24, 2.45) is 0 Å². The van der Waals surface area contributed by atoms with Crippen molar-refractivity contribution in [1.29, 1.82) is 0 Å². The van der Waals surface area contributed by atoms with Crippen LogP contribution in [0.5, 0.6) is 0 Å². The summed E-state index contributed by atoms with van der Waals surface area (Å²) in [4.78, 5) is 14.1. The molecule has 0 saturated carbocycles. The number of unbranched alkanes of at least 4 members (excludes halogenated alkanes) is 5. The second kappa shape index (κ2) is 11.9. The molecular formula is C15H31NO. The van der Waals surface area contributed by atoms with E-state index < -0.39 is 0 Å². The van der Waals surface area contributed by atoms with E-state index in [4.69, 9.17) is 0 Å². The maximum absolute atomic E-state index is 12.0. The summed E-state index contributed by atoms with van der Waals surface area (Å²) in [6.45, 7) is 8.50. The van der Waals surface area contributed by atoms with Gasteiger partial charge in [-0.15, -0.1) is 0 Å². The minimum absolute atomic E-state index is 0.378. The summed E-state index contributed by atoms with van der Waals surface area (Å²) < 4.78 is 0. The number of carbonyl (C=O) groups excluding carboxylic acids is 1. The largest absolute Gasteiger partial charge is 0.343 e. The Morgan fingerprint density at radius 3 is 1.76 bits per heavy atom. The molecule has 0 aromatic heterocycles. The molecule has 0 heterocycles. The van der Waals surface area contributed by atoms with Crippen LogP contribution in [0.25, 0.3) is 0 Å². The first kappa shape index (κ1) is 16.5. The summed E-state index contributed by atoms with van der Waals surface area (Å²) in [6, 6.07) is 0. The molecule has 0 rings (SSSR count). The van der Waals surface area contributed by atoms with Crippen molar-refractivity contribution in [3.8, 4) is 0 Å². The second-order valence-corrected chi connectivity index (χ2v) is 4.90. The third-order valence-corrected chi connectivity index (χ3v) is 3.16. The van der Waals surface area contributed by atoms with Crippen molar-refractivity contribution in [2.45, 2.75) is 78.6 Å². The second-order valence-electron chi connectivity index (χ2n) is 4.90.